The number of hydrogen-bond donors (Lipinski definition) is 0. The normalized spacial score (nSPS) is 13.6. The number of hydrogen-bond acceptors (Lipinski definition) is 2. The standard InChI is InChI=1S/C24H18O2Se2/c25-21-19-13-7-8-14-20(19)22(26)24(28-16-18-11-5-2-6-12-18)23(21)27-15-17-9-3-1-4-10-17/h1-14H,15-16H2. The van der Waals surface area contributed by atoms with Gasteiger partial charge in [0.1, 0.15) is 0 Å². The van der Waals surface area contributed by atoms with E-state index in [2.05, 4.69) is 24.3 Å². The maximum atomic E-state index is 13.2. The van der Waals surface area contributed by atoms with E-state index in [0.717, 1.165) is 19.6 Å². The van der Waals surface area contributed by atoms with Crippen LogP contribution < -0.4 is 0 Å². The molecule has 0 atom stereocenters. The molecule has 3 aromatic rings. The fourth-order valence-corrected chi connectivity index (χ4v) is 8.40. The third kappa shape index (κ3) is 4.11. The Morgan fingerprint density at radius 3 is 1.25 bits per heavy atom. The summed E-state index contributed by atoms with van der Waals surface area (Å²) in [6.07, 6.45) is 0. The Labute approximate surface area is 177 Å². The molecule has 0 spiro atoms. The zero-order valence-corrected chi connectivity index (χ0v) is 18.6. The van der Waals surface area contributed by atoms with Crippen molar-refractivity contribution in [3.8, 4) is 0 Å². The second kappa shape index (κ2) is 8.85. The van der Waals surface area contributed by atoms with E-state index < -0.39 is 0 Å². The number of allylic oxidation sites excluding steroid dienone is 2. The van der Waals surface area contributed by atoms with Crippen molar-refractivity contribution in [1.29, 1.82) is 0 Å². The van der Waals surface area contributed by atoms with Crippen molar-refractivity contribution < 1.29 is 9.59 Å². The van der Waals surface area contributed by atoms with Crippen LogP contribution in [0.4, 0.5) is 0 Å². The summed E-state index contributed by atoms with van der Waals surface area (Å²) in [5, 5.41) is 1.66. The quantitative estimate of drug-likeness (QED) is 0.482. The molecule has 0 saturated carbocycles. The molecule has 1 aliphatic rings. The van der Waals surface area contributed by atoms with Gasteiger partial charge in [-0.3, -0.25) is 0 Å². The SMILES string of the molecule is O=C1C([Se]Cc2ccccc2)=C([Se]Cc2ccccc2)C(=O)c2ccccc21. The van der Waals surface area contributed by atoms with Crippen LogP contribution in [0.1, 0.15) is 31.8 Å². The summed E-state index contributed by atoms with van der Waals surface area (Å²) in [6.45, 7) is 0. The van der Waals surface area contributed by atoms with E-state index in [1.165, 1.54) is 11.1 Å². The van der Waals surface area contributed by atoms with Crippen LogP contribution in [0.15, 0.2) is 93.9 Å². The first-order valence-electron chi connectivity index (χ1n) is 9.00. The minimum atomic E-state index is -0.0601. The summed E-state index contributed by atoms with van der Waals surface area (Å²) in [5.74, 6) is 0.104. The zero-order valence-electron chi connectivity index (χ0n) is 15.1. The summed E-state index contributed by atoms with van der Waals surface area (Å²) in [4.78, 5) is 26.4. The fourth-order valence-electron chi connectivity index (χ4n) is 3.05. The summed E-state index contributed by atoms with van der Waals surface area (Å²) in [5.41, 5.74) is 3.56. The Kier molecular flexibility index (Phi) is 6.04. The number of carbonyl (C=O) groups is 2. The van der Waals surface area contributed by atoms with E-state index >= 15 is 0 Å². The number of fused-ring (bicyclic) bond motifs is 1. The molecule has 0 N–H and O–H groups in total. The Bertz CT molecular complexity index is 956. The van der Waals surface area contributed by atoms with Crippen molar-refractivity contribution >= 4 is 41.5 Å². The zero-order chi connectivity index (χ0) is 19.3. The van der Waals surface area contributed by atoms with Crippen molar-refractivity contribution in [1.82, 2.24) is 0 Å². The van der Waals surface area contributed by atoms with Crippen molar-refractivity contribution in [3.05, 3.63) is 116 Å². The van der Waals surface area contributed by atoms with Crippen molar-refractivity contribution in [2.24, 2.45) is 0 Å². The van der Waals surface area contributed by atoms with E-state index in [0.29, 0.717) is 11.1 Å². The van der Waals surface area contributed by atoms with Gasteiger partial charge in [-0.15, -0.1) is 0 Å². The fraction of sp³-hybridized carbons (Fsp3) is 0.0833. The molecule has 0 saturated heterocycles. The van der Waals surface area contributed by atoms with Gasteiger partial charge >= 0.3 is 178 Å². The Hall–Kier alpha value is -2.22. The third-order valence-corrected chi connectivity index (χ3v) is 9.99. The molecule has 138 valence electrons. The molecule has 4 heteroatoms. The Morgan fingerprint density at radius 2 is 0.857 bits per heavy atom. The molecule has 0 aliphatic heterocycles. The van der Waals surface area contributed by atoms with Crippen LogP contribution >= 0.6 is 0 Å². The van der Waals surface area contributed by atoms with Crippen LogP contribution in [0.25, 0.3) is 0 Å². The van der Waals surface area contributed by atoms with Gasteiger partial charge in [-0.2, -0.15) is 0 Å². The van der Waals surface area contributed by atoms with E-state index in [9.17, 15) is 9.59 Å². The molecular formula is C24H18O2Se2. The molecule has 0 unspecified atom stereocenters. The minimum absolute atomic E-state index is 0.0519. The predicted octanol–water partition coefficient (Wildman–Crippen LogP) is 4.09. The van der Waals surface area contributed by atoms with Crippen LogP contribution in [-0.4, -0.2) is 41.5 Å². The van der Waals surface area contributed by atoms with Crippen LogP contribution in [0.5, 0.6) is 0 Å². The topological polar surface area (TPSA) is 34.1 Å². The number of ketones is 2. The van der Waals surface area contributed by atoms with Crippen LogP contribution in [-0.2, 0) is 10.6 Å². The van der Waals surface area contributed by atoms with Gasteiger partial charge in [0.2, 0.25) is 0 Å². The Morgan fingerprint density at radius 1 is 0.500 bits per heavy atom. The second-order valence-electron chi connectivity index (χ2n) is 6.41. The average Bonchev–Trinajstić information content (AvgIpc) is 2.76. The van der Waals surface area contributed by atoms with Gasteiger partial charge in [0, 0.05) is 0 Å². The van der Waals surface area contributed by atoms with E-state index in [1.807, 2.05) is 48.5 Å². The molecular weight excluding hydrogens is 478 g/mol. The van der Waals surface area contributed by atoms with E-state index in [1.54, 1.807) is 12.1 Å². The number of carbonyl (C=O) groups excluding carboxylic acids is 2. The van der Waals surface area contributed by atoms with Gasteiger partial charge in [0.25, 0.3) is 0 Å². The second-order valence-corrected chi connectivity index (χ2v) is 10.5. The molecule has 4 rings (SSSR count). The first-order chi connectivity index (χ1) is 13.7. The van der Waals surface area contributed by atoms with E-state index in [4.69, 9.17) is 0 Å². The first-order valence-corrected chi connectivity index (χ1v) is 13.1. The van der Waals surface area contributed by atoms with Crippen LogP contribution in [0.2, 0.25) is 0 Å². The summed E-state index contributed by atoms with van der Waals surface area (Å²) in [6, 6.07) is 27.6. The van der Waals surface area contributed by atoms with Crippen LogP contribution in [0.3, 0.4) is 0 Å². The molecule has 0 radical (unpaired) electrons. The number of benzene rings is 3. The number of rotatable bonds is 6. The molecule has 0 amide bonds. The summed E-state index contributed by atoms with van der Waals surface area (Å²) < 4.78 is 1.55. The van der Waals surface area contributed by atoms with E-state index in [-0.39, 0.29) is 41.5 Å². The Balaban J connectivity index is 1.66. The predicted molar refractivity (Wildman–Crippen MR) is 114 cm³/mol. The first kappa shape index (κ1) is 19.1. The monoisotopic (exact) mass is 498 g/mol. The maximum absolute atomic E-state index is 13.2. The van der Waals surface area contributed by atoms with Gasteiger partial charge < -0.3 is 0 Å². The van der Waals surface area contributed by atoms with Crippen LogP contribution in [0, 0.1) is 0 Å². The molecule has 1 aliphatic carbocycles. The summed E-state index contributed by atoms with van der Waals surface area (Å²) in [7, 11) is 0. The number of Topliss-reactive ketones (excluding diaryl/α,β-unsaturated/α-hetero) is 2. The van der Waals surface area contributed by atoms with Crippen molar-refractivity contribution in [2.75, 3.05) is 0 Å². The van der Waals surface area contributed by atoms with Crippen molar-refractivity contribution in [2.45, 2.75) is 10.6 Å². The molecule has 3 aromatic carbocycles. The van der Waals surface area contributed by atoms with Gasteiger partial charge in [-0.05, 0) is 0 Å². The van der Waals surface area contributed by atoms with Gasteiger partial charge in [0.15, 0.2) is 0 Å². The molecule has 0 aromatic heterocycles. The van der Waals surface area contributed by atoms with Gasteiger partial charge in [0.05, 0.1) is 0 Å². The molecule has 0 fully saturated rings. The molecule has 28 heavy (non-hydrogen) atoms. The molecule has 0 heterocycles. The van der Waals surface area contributed by atoms with Crippen molar-refractivity contribution in [3.63, 3.8) is 0 Å². The van der Waals surface area contributed by atoms with Gasteiger partial charge in [-0.25, -0.2) is 0 Å². The average molecular weight is 496 g/mol. The summed E-state index contributed by atoms with van der Waals surface area (Å²) >= 11 is -0.120. The molecule has 2 nitrogen and oxygen atoms in total. The molecule has 0 bridgehead atoms. The van der Waals surface area contributed by atoms with Gasteiger partial charge in [-0.1, -0.05) is 0 Å². The third-order valence-electron chi connectivity index (χ3n) is 4.49.